The molecule has 1 amide bonds. The fourth-order valence-electron chi connectivity index (χ4n) is 1.75. The molecular weight excluding hydrogens is 266 g/mol. The molecule has 0 saturated carbocycles. The van der Waals surface area contributed by atoms with Crippen molar-refractivity contribution >= 4 is 11.8 Å². The van der Waals surface area contributed by atoms with Crippen LogP contribution in [0.25, 0.3) is 0 Å². The summed E-state index contributed by atoms with van der Waals surface area (Å²) in [6.45, 7) is -0.0226. The van der Waals surface area contributed by atoms with Gasteiger partial charge in [-0.05, 0) is 18.2 Å². The van der Waals surface area contributed by atoms with Gasteiger partial charge in [0, 0.05) is 25.5 Å². The van der Waals surface area contributed by atoms with Crippen molar-refractivity contribution in [3.8, 4) is 0 Å². The van der Waals surface area contributed by atoms with Crippen molar-refractivity contribution in [1.29, 1.82) is 0 Å². The third kappa shape index (κ3) is 2.86. The van der Waals surface area contributed by atoms with Gasteiger partial charge in [-0.15, -0.1) is 0 Å². The van der Waals surface area contributed by atoms with Gasteiger partial charge in [-0.1, -0.05) is 0 Å². The Morgan fingerprint density at radius 2 is 2.30 bits per heavy atom. The average molecular weight is 279 g/mol. The molecule has 0 aliphatic heterocycles. The highest BCUT2D eigenvalue weighted by atomic mass is 16.6. The summed E-state index contributed by atoms with van der Waals surface area (Å²) in [7, 11) is 1.77. The number of amides is 1. The Hall–Kier alpha value is -2.61. The zero-order valence-corrected chi connectivity index (χ0v) is 10.6. The van der Waals surface area contributed by atoms with Gasteiger partial charge in [0.2, 0.25) is 0 Å². The highest BCUT2D eigenvalue weighted by molar-refractivity contribution is 5.91. The summed E-state index contributed by atoms with van der Waals surface area (Å²) in [5.74, 6) is -1.29. The lowest BCUT2D eigenvalue weighted by molar-refractivity contribution is -0.402. The van der Waals surface area contributed by atoms with Gasteiger partial charge in [-0.25, -0.2) is 0 Å². The number of nitrogens with one attached hydrogen (secondary N) is 1. The second-order valence-corrected chi connectivity index (χ2v) is 4.16. The van der Waals surface area contributed by atoms with Crippen LogP contribution >= 0.6 is 0 Å². The average Bonchev–Trinajstić information content (AvgIpc) is 3.04. The van der Waals surface area contributed by atoms with Crippen molar-refractivity contribution in [2.45, 2.75) is 6.10 Å². The van der Waals surface area contributed by atoms with Crippen molar-refractivity contribution in [3.05, 3.63) is 52.0 Å². The molecule has 2 N–H and O–H groups in total. The summed E-state index contributed by atoms with van der Waals surface area (Å²) < 4.78 is 6.49. The van der Waals surface area contributed by atoms with Crippen LogP contribution in [-0.4, -0.2) is 27.0 Å². The molecule has 106 valence electrons. The van der Waals surface area contributed by atoms with Crippen LogP contribution in [0.1, 0.15) is 22.4 Å². The number of rotatable bonds is 5. The highest BCUT2D eigenvalue weighted by Crippen LogP contribution is 2.16. The van der Waals surface area contributed by atoms with Gasteiger partial charge in [0.15, 0.2) is 5.76 Å². The van der Waals surface area contributed by atoms with Gasteiger partial charge in [-0.3, -0.25) is 14.9 Å². The maximum Gasteiger partial charge on any atom is 0.433 e. The van der Waals surface area contributed by atoms with E-state index in [9.17, 15) is 20.0 Å². The minimum atomic E-state index is -0.871. The highest BCUT2D eigenvalue weighted by Gasteiger charge is 2.18. The van der Waals surface area contributed by atoms with E-state index in [0.717, 1.165) is 6.07 Å². The number of carbonyl (C=O) groups excluding carboxylic acids is 1. The molecule has 2 aromatic heterocycles. The molecule has 0 aliphatic carbocycles. The molecule has 0 spiro atoms. The largest absolute Gasteiger partial charge is 0.433 e. The molecule has 0 aliphatic rings. The molecule has 1 unspecified atom stereocenters. The van der Waals surface area contributed by atoms with Crippen LogP contribution in [-0.2, 0) is 7.05 Å². The first-order valence-electron chi connectivity index (χ1n) is 5.80. The number of nitrogens with zero attached hydrogens (tertiary/aromatic N) is 2. The Labute approximate surface area is 113 Å². The van der Waals surface area contributed by atoms with E-state index in [1.54, 1.807) is 29.9 Å². The van der Waals surface area contributed by atoms with Gasteiger partial charge in [-0.2, -0.15) is 0 Å². The standard InChI is InChI=1S/C12H13N3O5/c1-14-6-2-3-8(14)9(16)7-13-12(17)10-4-5-11(20-10)15(18)19/h2-6,9,16H,7H2,1H3,(H,13,17). The first-order chi connectivity index (χ1) is 9.49. The fourth-order valence-corrected chi connectivity index (χ4v) is 1.75. The topological polar surface area (TPSA) is 111 Å². The number of aryl methyl sites for hydroxylation is 1. The Kier molecular flexibility index (Phi) is 3.85. The molecule has 2 rings (SSSR count). The normalized spacial score (nSPS) is 12.1. The minimum absolute atomic E-state index is 0.0226. The van der Waals surface area contributed by atoms with Crippen LogP contribution < -0.4 is 5.32 Å². The van der Waals surface area contributed by atoms with Crippen LogP contribution in [0.4, 0.5) is 5.88 Å². The fraction of sp³-hybridized carbons (Fsp3) is 0.250. The van der Waals surface area contributed by atoms with E-state index in [1.165, 1.54) is 6.07 Å². The second kappa shape index (κ2) is 5.57. The Morgan fingerprint density at radius 1 is 1.55 bits per heavy atom. The molecule has 8 heteroatoms. The van der Waals surface area contributed by atoms with Gasteiger partial charge >= 0.3 is 5.88 Å². The number of aromatic nitrogens is 1. The van der Waals surface area contributed by atoms with Crippen molar-refractivity contribution < 1.29 is 19.2 Å². The lowest BCUT2D eigenvalue weighted by Crippen LogP contribution is -2.28. The lowest BCUT2D eigenvalue weighted by atomic mass is 10.2. The number of aliphatic hydroxyl groups is 1. The van der Waals surface area contributed by atoms with E-state index < -0.39 is 22.8 Å². The van der Waals surface area contributed by atoms with Crippen LogP contribution in [0, 0.1) is 10.1 Å². The molecule has 20 heavy (non-hydrogen) atoms. The van der Waals surface area contributed by atoms with Crippen molar-refractivity contribution in [2.24, 2.45) is 7.05 Å². The molecule has 0 saturated heterocycles. The number of hydrogen-bond acceptors (Lipinski definition) is 5. The van der Waals surface area contributed by atoms with Gasteiger partial charge < -0.3 is 19.4 Å². The SMILES string of the molecule is Cn1cccc1C(O)CNC(=O)c1ccc([N+](=O)[O-])o1. The zero-order chi connectivity index (χ0) is 14.7. The van der Waals surface area contributed by atoms with Gasteiger partial charge in [0.1, 0.15) is 11.0 Å². The summed E-state index contributed by atoms with van der Waals surface area (Å²) >= 11 is 0. The molecular formula is C12H13N3O5. The molecule has 0 aromatic carbocycles. The molecule has 0 bridgehead atoms. The van der Waals surface area contributed by atoms with Crippen molar-refractivity contribution in [1.82, 2.24) is 9.88 Å². The molecule has 1 atom stereocenters. The molecule has 8 nitrogen and oxygen atoms in total. The van der Waals surface area contributed by atoms with E-state index in [-0.39, 0.29) is 12.3 Å². The van der Waals surface area contributed by atoms with Crippen molar-refractivity contribution in [3.63, 3.8) is 0 Å². The van der Waals surface area contributed by atoms with E-state index >= 15 is 0 Å². The minimum Gasteiger partial charge on any atom is -0.395 e. The quantitative estimate of drug-likeness (QED) is 0.626. The number of carbonyl (C=O) groups is 1. The zero-order valence-electron chi connectivity index (χ0n) is 10.6. The van der Waals surface area contributed by atoms with Crippen LogP contribution in [0.15, 0.2) is 34.9 Å². The maximum atomic E-state index is 11.7. The van der Waals surface area contributed by atoms with Crippen LogP contribution in [0.5, 0.6) is 0 Å². The number of aliphatic hydroxyl groups excluding tert-OH is 1. The lowest BCUT2D eigenvalue weighted by Gasteiger charge is -2.12. The van der Waals surface area contributed by atoms with E-state index in [4.69, 9.17) is 4.42 Å². The predicted octanol–water partition coefficient (Wildman–Crippen LogP) is 0.990. The molecule has 0 radical (unpaired) electrons. The smallest absolute Gasteiger partial charge is 0.395 e. The Morgan fingerprint density at radius 3 is 2.85 bits per heavy atom. The number of nitro groups is 1. The Bertz CT molecular complexity index is 631. The van der Waals surface area contributed by atoms with Gasteiger partial charge in [0.25, 0.3) is 5.91 Å². The van der Waals surface area contributed by atoms with Crippen LogP contribution in [0.3, 0.4) is 0 Å². The summed E-state index contributed by atoms with van der Waals surface area (Å²) in [4.78, 5) is 21.4. The third-order valence-corrected chi connectivity index (χ3v) is 2.78. The first-order valence-corrected chi connectivity index (χ1v) is 5.80. The summed E-state index contributed by atoms with van der Waals surface area (Å²) in [6, 6.07) is 5.82. The summed E-state index contributed by atoms with van der Waals surface area (Å²) in [5, 5.41) is 22.8. The van der Waals surface area contributed by atoms with E-state index in [2.05, 4.69) is 5.32 Å². The summed E-state index contributed by atoms with van der Waals surface area (Å²) in [6.07, 6.45) is 0.903. The molecule has 0 fully saturated rings. The number of furan rings is 1. The maximum absolute atomic E-state index is 11.7. The van der Waals surface area contributed by atoms with Crippen molar-refractivity contribution in [2.75, 3.05) is 6.54 Å². The summed E-state index contributed by atoms with van der Waals surface area (Å²) in [5.41, 5.74) is 0.649. The molecule has 2 heterocycles. The Balaban J connectivity index is 1.95. The van der Waals surface area contributed by atoms with E-state index in [1.807, 2.05) is 0 Å². The second-order valence-electron chi connectivity index (χ2n) is 4.16. The van der Waals surface area contributed by atoms with E-state index in [0.29, 0.717) is 5.69 Å². The predicted molar refractivity (Wildman–Crippen MR) is 68.1 cm³/mol. The third-order valence-electron chi connectivity index (χ3n) is 2.78. The number of hydrogen-bond donors (Lipinski definition) is 2. The monoisotopic (exact) mass is 279 g/mol. The first kappa shape index (κ1) is 13.8. The molecule has 2 aromatic rings. The van der Waals surface area contributed by atoms with Gasteiger partial charge in [0.05, 0.1) is 6.07 Å². The van der Waals surface area contributed by atoms with Crippen LogP contribution in [0.2, 0.25) is 0 Å².